The predicted molar refractivity (Wildman–Crippen MR) is 91.9 cm³/mol. The van der Waals surface area contributed by atoms with Crippen molar-refractivity contribution in [2.75, 3.05) is 10.6 Å². The van der Waals surface area contributed by atoms with E-state index >= 15 is 0 Å². The molecule has 0 spiro atoms. The van der Waals surface area contributed by atoms with Crippen molar-refractivity contribution in [3.63, 3.8) is 0 Å². The first-order valence-corrected chi connectivity index (χ1v) is 7.66. The summed E-state index contributed by atoms with van der Waals surface area (Å²) in [6, 6.07) is 13.0. The van der Waals surface area contributed by atoms with Crippen molar-refractivity contribution in [2.45, 2.75) is 20.3 Å². The zero-order valence-electron chi connectivity index (χ0n) is 12.4. The average molecular weight is 361 g/mol. The molecular weight excluding hydrogens is 344 g/mol. The van der Waals surface area contributed by atoms with Crippen molar-refractivity contribution in [1.29, 1.82) is 0 Å². The maximum absolute atomic E-state index is 11.9. The Morgan fingerprint density at radius 1 is 0.955 bits per heavy atom. The SMILES string of the molecule is Cc1cccc(NC(=O)CC(=O)Nc2ccc(C)cc2Br)c1. The van der Waals surface area contributed by atoms with Gasteiger partial charge in [-0.05, 0) is 65.2 Å². The van der Waals surface area contributed by atoms with E-state index in [2.05, 4.69) is 26.6 Å². The van der Waals surface area contributed by atoms with Gasteiger partial charge in [0.1, 0.15) is 6.42 Å². The van der Waals surface area contributed by atoms with E-state index in [0.29, 0.717) is 11.4 Å². The van der Waals surface area contributed by atoms with Crippen LogP contribution < -0.4 is 10.6 Å². The number of carbonyl (C=O) groups excluding carboxylic acids is 2. The summed E-state index contributed by atoms with van der Waals surface area (Å²) >= 11 is 3.39. The molecule has 4 nitrogen and oxygen atoms in total. The molecule has 2 N–H and O–H groups in total. The molecule has 2 amide bonds. The largest absolute Gasteiger partial charge is 0.326 e. The lowest BCUT2D eigenvalue weighted by Gasteiger charge is -2.09. The van der Waals surface area contributed by atoms with Crippen LogP contribution in [-0.2, 0) is 9.59 Å². The van der Waals surface area contributed by atoms with Crippen LogP contribution in [0.5, 0.6) is 0 Å². The second-order valence-electron chi connectivity index (χ2n) is 5.13. The van der Waals surface area contributed by atoms with Crippen LogP contribution in [0, 0.1) is 13.8 Å². The third-order valence-electron chi connectivity index (χ3n) is 3.02. The molecule has 0 fully saturated rings. The first-order valence-electron chi connectivity index (χ1n) is 6.86. The Bertz CT molecular complexity index is 714. The molecule has 114 valence electrons. The van der Waals surface area contributed by atoms with Crippen molar-refractivity contribution in [3.8, 4) is 0 Å². The maximum Gasteiger partial charge on any atom is 0.233 e. The van der Waals surface area contributed by atoms with E-state index in [4.69, 9.17) is 0 Å². The summed E-state index contributed by atoms with van der Waals surface area (Å²) in [5.41, 5.74) is 3.47. The molecule has 0 aliphatic rings. The van der Waals surface area contributed by atoms with Crippen LogP contribution in [0.2, 0.25) is 0 Å². The minimum absolute atomic E-state index is 0.228. The molecule has 0 atom stereocenters. The van der Waals surface area contributed by atoms with Gasteiger partial charge >= 0.3 is 0 Å². The third kappa shape index (κ3) is 4.70. The van der Waals surface area contributed by atoms with E-state index < -0.39 is 0 Å². The predicted octanol–water partition coefficient (Wildman–Crippen LogP) is 4.03. The van der Waals surface area contributed by atoms with Gasteiger partial charge in [-0.25, -0.2) is 0 Å². The van der Waals surface area contributed by atoms with E-state index in [9.17, 15) is 9.59 Å². The van der Waals surface area contributed by atoms with Gasteiger partial charge in [-0.1, -0.05) is 18.2 Å². The normalized spacial score (nSPS) is 10.1. The highest BCUT2D eigenvalue weighted by molar-refractivity contribution is 9.10. The van der Waals surface area contributed by atoms with E-state index in [1.54, 1.807) is 12.1 Å². The Balaban J connectivity index is 1.92. The number of halogens is 1. The highest BCUT2D eigenvalue weighted by atomic mass is 79.9. The second-order valence-corrected chi connectivity index (χ2v) is 5.98. The Morgan fingerprint density at radius 2 is 1.64 bits per heavy atom. The minimum atomic E-state index is -0.352. The molecule has 0 bridgehead atoms. The number of benzene rings is 2. The first-order chi connectivity index (χ1) is 10.4. The number of amides is 2. The van der Waals surface area contributed by atoms with Crippen LogP contribution in [0.15, 0.2) is 46.9 Å². The number of hydrogen-bond donors (Lipinski definition) is 2. The summed E-state index contributed by atoms with van der Waals surface area (Å²) in [4.78, 5) is 23.8. The monoisotopic (exact) mass is 360 g/mol. The second kappa shape index (κ2) is 7.22. The molecule has 2 aromatic rings. The number of rotatable bonds is 4. The van der Waals surface area contributed by atoms with Gasteiger partial charge in [0.2, 0.25) is 11.8 Å². The van der Waals surface area contributed by atoms with Crippen molar-refractivity contribution >= 4 is 39.1 Å². The summed E-state index contributed by atoms with van der Waals surface area (Å²) in [6.07, 6.45) is -0.228. The lowest BCUT2D eigenvalue weighted by Crippen LogP contribution is -2.21. The molecule has 0 radical (unpaired) electrons. The van der Waals surface area contributed by atoms with Gasteiger partial charge in [0.15, 0.2) is 0 Å². The minimum Gasteiger partial charge on any atom is -0.326 e. The summed E-state index contributed by atoms with van der Waals surface area (Å²) in [7, 11) is 0. The lowest BCUT2D eigenvalue weighted by atomic mass is 10.2. The quantitative estimate of drug-likeness (QED) is 0.808. The zero-order valence-corrected chi connectivity index (χ0v) is 14.0. The summed E-state index contributed by atoms with van der Waals surface area (Å²) in [6.45, 7) is 3.91. The van der Waals surface area contributed by atoms with Gasteiger partial charge < -0.3 is 10.6 Å². The van der Waals surface area contributed by atoms with Crippen LogP contribution in [0.1, 0.15) is 17.5 Å². The van der Waals surface area contributed by atoms with Gasteiger partial charge in [0.25, 0.3) is 0 Å². The van der Waals surface area contributed by atoms with Crippen molar-refractivity contribution in [1.82, 2.24) is 0 Å². The molecule has 2 rings (SSSR count). The van der Waals surface area contributed by atoms with Gasteiger partial charge in [0, 0.05) is 10.2 Å². The Hall–Kier alpha value is -2.14. The number of hydrogen-bond acceptors (Lipinski definition) is 2. The van der Waals surface area contributed by atoms with E-state index in [-0.39, 0.29) is 18.2 Å². The van der Waals surface area contributed by atoms with E-state index in [1.165, 1.54) is 0 Å². The standard InChI is InChI=1S/C17H17BrN2O2/c1-11-4-3-5-13(8-11)19-16(21)10-17(22)20-15-7-6-12(2)9-14(15)18/h3-9H,10H2,1-2H3,(H,19,21)(H,20,22). The smallest absolute Gasteiger partial charge is 0.233 e. The Labute approximate surface area is 138 Å². The summed E-state index contributed by atoms with van der Waals surface area (Å²) in [5.74, 6) is -0.693. The molecule has 2 aromatic carbocycles. The topological polar surface area (TPSA) is 58.2 Å². The molecule has 0 unspecified atom stereocenters. The molecule has 0 saturated carbocycles. The summed E-state index contributed by atoms with van der Waals surface area (Å²) in [5, 5.41) is 5.43. The van der Waals surface area contributed by atoms with Crippen LogP contribution in [0.4, 0.5) is 11.4 Å². The maximum atomic E-state index is 11.9. The van der Waals surface area contributed by atoms with Crippen LogP contribution in [0.3, 0.4) is 0 Å². The molecule has 22 heavy (non-hydrogen) atoms. The molecular formula is C17H17BrN2O2. The molecule has 5 heteroatoms. The Morgan fingerprint density at radius 3 is 2.32 bits per heavy atom. The number of aryl methyl sites for hydroxylation is 2. The van der Waals surface area contributed by atoms with Crippen molar-refractivity contribution in [2.24, 2.45) is 0 Å². The molecule has 0 saturated heterocycles. The molecule has 0 aromatic heterocycles. The van der Waals surface area contributed by atoms with Crippen LogP contribution in [0.25, 0.3) is 0 Å². The van der Waals surface area contributed by atoms with Crippen LogP contribution >= 0.6 is 15.9 Å². The Kier molecular flexibility index (Phi) is 5.33. The fourth-order valence-corrected chi connectivity index (χ4v) is 2.58. The number of carbonyl (C=O) groups is 2. The third-order valence-corrected chi connectivity index (χ3v) is 3.68. The van der Waals surface area contributed by atoms with Gasteiger partial charge in [-0.15, -0.1) is 0 Å². The first kappa shape index (κ1) is 16.2. The highest BCUT2D eigenvalue weighted by Crippen LogP contribution is 2.23. The molecule has 0 heterocycles. The fourth-order valence-electron chi connectivity index (χ4n) is 1.99. The van der Waals surface area contributed by atoms with Gasteiger partial charge in [-0.3, -0.25) is 9.59 Å². The van der Waals surface area contributed by atoms with Crippen molar-refractivity contribution < 1.29 is 9.59 Å². The number of nitrogens with one attached hydrogen (secondary N) is 2. The van der Waals surface area contributed by atoms with Crippen LogP contribution in [-0.4, -0.2) is 11.8 Å². The van der Waals surface area contributed by atoms with E-state index in [0.717, 1.165) is 15.6 Å². The number of anilines is 2. The average Bonchev–Trinajstić information content (AvgIpc) is 2.41. The highest BCUT2D eigenvalue weighted by Gasteiger charge is 2.11. The molecule has 0 aliphatic carbocycles. The zero-order chi connectivity index (χ0) is 16.1. The van der Waals surface area contributed by atoms with Gasteiger partial charge in [-0.2, -0.15) is 0 Å². The fraction of sp³-hybridized carbons (Fsp3) is 0.176. The summed E-state index contributed by atoms with van der Waals surface area (Å²) < 4.78 is 0.792. The van der Waals surface area contributed by atoms with E-state index in [1.807, 2.05) is 44.2 Å². The lowest BCUT2D eigenvalue weighted by molar-refractivity contribution is -0.123. The molecule has 0 aliphatic heterocycles. The van der Waals surface area contributed by atoms with Crippen molar-refractivity contribution in [3.05, 3.63) is 58.1 Å². The van der Waals surface area contributed by atoms with Gasteiger partial charge in [0.05, 0.1) is 5.69 Å².